The zero-order chi connectivity index (χ0) is 16.9. The SMILES string of the molecule is O=C(Nc1cnn(C(F)F)c1)N1CCCN(c2ccccn2)CC1. The number of carbonyl (C=O) groups excluding carboxylic acids is 1. The van der Waals surface area contributed by atoms with Crippen LogP contribution in [-0.2, 0) is 0 Å². The number of alkyl halides is 2. The Bertz CT molecular complexity index is 678. The fourth-order valence-corrected chi connectivity index (χ4v) is 2.60. The molecule has 0 atom stereocenters. The summed E-state index contributed by atoms with van der Waals surface area (Å²) in [6.07, 6.45) is 4.87. The molecule has 0 unspecified atom stereocenters. The Hall–Kier alpha value is -2.71. The Morgan fingerprint density at radius 3 is 2.79 bits per heavy atom. The minimum Gasteiger partial charge on any atom is -0.355 e. The molecule has 1 fully saturated rings. The highest BCUT2D eigenvalue weighted by molar-refractivity contribution is 5.89. The fraction of sp³-hybridized carbons (Fsp3) is 0.400. The average molecular weight is 336 g/mol. The Morgan fingerprint density at radius 2 is 2.08 bits per heavy atom. The predicted molar refractivity (Wildman–Crippen MR) is 85.1 cm³/mol. The van der Waals surface area contributed by atoms with Crippen LogP contribution < -0.4 is 10.2 Å². The molecular weight excluding hydrogens is 318 g/mol. The van der Waals surface area contributed by atoms with Crippen molar-refractivity contribution in [3.63, 3.8) is 0 Å². The molecule has 1 aliphatic rings. The molecule has 128 valence electrons. The van der Waals surface area contributed by atoms with E-state index in [9.17, 15) is 13.6 Å². The maximum atomic E-state index is 12.5. The van der Waals surface area contributed by atoms with Gasteiger partial charge in [0.2, 0.25) is 0 Å². The van der Waals surface area contributed by atoms with Crippen molar-refractivity contribution in [3.05, 3.63) is 36.8 Å². The molecule has 7 nitrogen and oxygen atoms in total. The monoisotopic (exact) mass is 336 g/mol. The van der Waals surface area contributed by atoms with Gasteiger partial charge in [0.25, 0.3) is 0 Å². The molecule has 3 rings (SSSR count). The van der Waals surface area contributed by atoms with Gasteiger partial charge in [0.1, 0.15) is 5.82 Å². The number of nitrogens with zero attached hydrogens (tertiary/aromatic N) is 5. The van der Waals surface area contributed by atoms with E-state index in [0.29, 0.717) is 24.3 Å². The van der Waals surface area contributed by atoms with Gasteiger partial charge in [0, 0.05) is 32.4 Å². The first-order valence-electron chi connectivity index (χ1n) is 7.68. The van der Waals surface area contributed by atoms with Crippen molar-refractivity contribution >= 4 is 17.5 Å². The summed E-state index contributed by atoms with van der Waals surface area (Å²) >= 11 is 0. The molecule has 24 heavy (non-hydrogen) atoms. The van der Waals surface area contributed by atoms with Gasteiger partial charge in [-0.2, -0.15) is 13.9 Å². The van der Waals surface area contributed by atoms with Crippen LogP contribution in [0.5, 0.6) is 0 Å². The molecule has 0 bridgehead atoms. The van der Waals surface area contributed by atoms with Crippen molar-refractivity contribution in [1.29, 1.82) is 0 Å². The van der Waals surface area contributed by atoms with Crippen molar-refractivity contribution in [2.75, 3.05) is 36.4 Å². The number of carbonyl (C=O) groups is 1. The lowest BCUT2D eigenvalue weighted by molar-refractivity contribution is 0.0566. The molecule has 0 radical (unpaired) electrons. The van der Waals surface area contributed by atoms with E-state index >= 15 is 0 Å². The molecule has 0 aliphatic carbocycles. The molecule has 2 aromatic rings. The van der Waals surface area contributed by atoms with E-state index in [1.165, 1.54) is 6.20 Å². The van der Waals surface area contributed by atoms with Gasteiger partial charge in [0.05, 0.1) is 18.1 Å². The summed E-state index contributed by atoms with van der Waals surface area (Å²) in [4.78, 5) is 20.4. The highest BCUT2D eigenvalue weighted by Crippen LogP contribution is 2.15. The maximum absolute atomic E-state index is 12.5. The maximum Gasteiger partial charge on any atom is 0.333 e. The number of pyridine rings is 1. The summed E-state index contributed by atoms with van der Waals surface area (Å²) in [6.45, 7) is -0.116. The van der Waals surface area contributed by atoms with Gasteiger partial charge in [-0.15, -0.1) is 0 Å². The summed E-state index contributed by atoms with van der Waals surface area (Å²) < 4.78 is 25.5. The third kappa shape index (κ3) is 3.79. The van der Waals surface area contributed by atoms with Crippen LogP contribution in [0.25, 0.3) is 0 Å². The first kappa shape index (κ1) is 16.2. The first-order chi connectivity index (χ1) is 11.6. The fourth-order valence-electron chi connectivity index (χ4n) is 2.60. The summed E-state index contributed by atoms with van der Waals surface area (Å²) in [7, 11) is 0. The van der Waals surface area contributed by atoms with Gasteiger partial charge in [-0.3, -0.25) is 0 Å². The second kappa shape index (κ2) is 7.24. The average Bonchev–Trinajstić information content (AvgIpc) is 2.91. The van der Waals surface area contributed by atoms with Crippen LogP contribution in [-0.4, -0.2) is 51.9 Å². The number of amides is 2. The van der Waals surface area contributed by atoms with Crippen LogP contribution in [0.15, 0.2) is 36.8 Å². The zero-order valence-electron chi connectivity index (χ0n) is 13.0. The van der Waals surface area contributed by atoms with Gasteiger partial charge in [-0.25, -0.2) is 14.5 Å². The van der Waals surface area contributed by atoms with Crippen molar-refractivity contribution in [3.8, 4) is 0 Å². The highest BCUT2D eigenvalue weighted by Gasteiger charge is 2.20. The molecule has 0 aromatic carbocycles. The first-order valence-corrected chi connectivity index (χ1v) is 7.68. The van der Waals surface area contributed by atoms with Crippen LogP contribution in [0.3, 0.4) is 0 Å². The quantitative estimate of drug-likeness (QED) is 0.935. The van der Waals surface area contributed by atoms with Gasteiger partial charge in [-0.05, 0) is 18.6 Å². The van der Waals surface area contributed by atoms with Crippen molar-refractivity contribution in [2.24, 2.45) is 0 Å². The normalized spacial score (nSPS) is 15.5. The lowest BCUT2D eigenvalue weighted by atomic mass is 10.3. The molecule has 0 spiro atoms. The van der Waals surface area contributed by atoms with Crippen LogP contribution in [0.2, 0.25) is 0 Å². The van der Waals surface area contributed by atoms with Crippen molar-refractivity contribution in [1.82, 2.24) is 19.7 Å². The number of anilines is 2. The Labute approximate surface area is 137 Å². The Morgan fingerprint density at radius 1 is 1.21 bits per heavy atom. The van der Waals surface area contributed by atoms with E-state index in [1.54, 1.807) is 11.1 Å². The molecule has 2 aromatic heterocycles. The van der Waals surface area contributed by atoms with E-state index in [2.05, 4.69) is 20.3 Å². The molecule has 9 heteroatoms. The van der Waals surface area contributed by atoms with Gasteiger partial charge >= 0.3 is 12.6 Å². The van der Waals surface area contributed by atoms with Gasteiger partial charge in [0.15, 0.2) is 0 Å². The van der Waals surface area contributed by atoms with Crippen LogP contribution in [0.1, 0.15) is 13.0 Å². The second-order valence-corrected chi connectivity index (χ2v) is 5.43. The van der Waals surface area contributed by atoms with Gasteiger partial charge in [-0.1, -0.05) is 6.07 Å². The minimum atomic E-state index is -2.72. The van der Waals surface area contributed by atoms with E-state index < -0.39 is 6.55 Å². The third-order valence-electron chi connectivity index (χ3n) is 3.81. The Kier molecular flexibility index (Phi) is 4.88. The number of nitrogens with one attached hydrogen (secondary N) is 1. The largest absolute Gasteiger partial charge is 0.355 e. The molecule has 1 saturated heterocycles. The number of aromatic nitrogens is 3. The third-order valence-corrected chi connectivity index (χ3v) is 3.81. The van der Waals surface area contributed by atoms with Crippen LogP contribution in [0.4, 0.5) is 25.1 Å². The second-order valence-electron chi connectivity index (χ2n) is 5.43. The molecule has 1 aliphatic heterocycles. The van der Waals surface area contributed by atoms with E-state index in [4.69, 9.17) is 0 Å². The van der Waals surface area contributed by atoms with E-state index in [1.807, 2.05) is 18.2 Å². The lowest BCUT2D eigenvalue weighted by Gasteiger charge is -2.22. The summed E-state index contributed by atoms with van der Waals surface area (Å²) in [5, 5.41) is 6.11. The summed E-state index contributed by atoms with van der Waals surface area (Å²) in [5.41, 5.74) is 0.256. The molecular formula is C15H18F2N6O. The lowest BCUT2D eigenvalue weighted by Crippen LogP contribution is -2.38. The smallest absolute Gasteiger partial charge is 0.333 e. The van der Waals surface area contributed by atoms with E-state index in [0.717, 1.165) is 25.0 Å². The molecule has 3 heterocycles. The van der Waals surface area contributed by atoms with Gasteiger partial charge < -0.3 is 15.1 Å². The predicted octanol–water partition coefficient (Wildman–Crippen LogP) is 2.42. The van der Waals surface area contributed by atoms with Crippen molar-refractivity contribution < 1.29 is 13.6 Å². The molecule has 2 amide bonds. The molecule has 1 N–H and O–H groups in total. The summed E-state index contributed by atoms with van der Waals surface area (Å²) in [6, 6.07) is 5.42. The van der Waals surface area contributed by atoms with Crippen LogP contribution in [0, 0.1) is 0 Å². The molecule has 0 saturated carbocycles. The number of hydrogen-bond acceptors (Lipinski definition) is 4. The van der Waals surface area contributed by atoms with Crippen molar-refractivity contribution in [2.45, 2.75) is 13.0 Å². The Balaban J connectivity index is 1.58. The standard InChI is InChI=1S/C15H18F2N6O/c16-14(17)23-11-12(10-19-23)20-15(24)22-7-3-6-21(8-9-22)13-4-1-2-5-18-13/h1-2,4-5,10-11,14H,3,6-9H2,(H,20,24). The highest BCUT2D eigenvalue weighted by atomic mass is 19.3. The van der Waals surface area contributed by atoms with E-state index in [-0.39, 0.29) is 11.7 Å². The minimum absolute atomic E-state index is 0.256. The summed E-state index contributed by atoms with van der Waals surface area (Å²) in [5.74, 6) is 0.887. The number of urea groups is 1. The van der Waals surface area contributed by atoms with Crippen LogP contribution >= 0.6 is 0 Å². The topological polar surface area (TPSA) is 66.3 Å². The number of hydrogen-bond donors (Lipinski definition) is 1. The number of halogens is 2. The zero-order valence-corrected chi connectivity index (χ0v) is 13.0. The number of rotatable bonds is 3.